The van der Waals surface area contributed by atoms with Crippen LogP contribution in [0.5, 0.6) is 0 Å². The number of nitrogens with zero attached hydrogens (tertiary/aromatic N) is 4. The number of nitrogens with one attached hydrogen (secondary N) is 2. The van der Waals surface area contributed by atoms with Gasteiger partial charge < -0.3 is 15.2 Å². The van der Waals surface area contributed by atoms with Gasteiger partial charge in [0.1, 0.15) is 11.6 Å². The molecule has 6 nitrogen and oxygen atoms in total. The number of rotatable bonds is 7. The van der Waals surface area contributed by atoms with Crippen molar-refractivity contribution in [2.24, 2.45) is 12.0 Å². The maximum Gasteiger partial charge on any atom is 0.191 e. The molecule has 2 N–H and O–H groups in total. The maximum atomic E-state index is 13.3. The second-order valence-corrected chi connectivity index (χ2v) is 5.65. The first kappa shape index (κ1) is 21.3. The zero-order valence-corrected chi connectivity index (χ0v) is 17.3. The average molecular weight is 460 g/mol. The zero-order valence-electron chi connectivity index (χ0n) is 14.9. The highest BCUT2D eigenvalue weighted by Crippen LogP contribution is 2.04. The molecule has 138 valence electrons. The monoisotopic (exact) mass is 460 g/mol. The first-order valence-corrected chi connectivity index (χ1v) is 8.21. The van der Waals surface area contributed by atoms with Gasteiger partial charge in [-0.25, -0.2) is 9.38 Å². The molecule has 0 aliphatic carbocycles. The molecule has 2 rings (SSSR count). The Bertz CT molecular complexity index is 686. The van der Waals surface area contributed by atoms with Crippen LogP contribution in [0.4, 0.5) is 4.39 Å². The van der Waals surface area contributed by atoms with Crippen LogP contribution in [0.3, 0.4) is 0 Å². The minimum atomic E-state index is -0.245. The largest absolute Gasteiger partial charge is 0.356 e. The molecule has 1 heterocycles. The van der Waals surface area contributed by atoms with Gasteiger partial charge in [-0.05, 0) is 31.0 Å². The lowest BCUT2D eigenvalue weighted by molar-refractivity contribution is 0.625. The average Bonchev–Trinajstić information content (AvgIpc) is 2.89. The van der Waals surface area contributed by atoms with E-state index in [4.69, 9.17) is 0 Å². The number of aliphatic imine (C=N–C) groups is 1. The Morgan fingerprint density at radius 3 is 2.72 bits per heavy atom. The summed E-state index contributed by atoms with van der Waals surface area (Å²) in [7, 11) is 1.93. The van der Waals surface area contributed by atoms with Crippen LogP contribution in [0.2, 0.25) is 0 Å². The first-order chi connectivity index (χ1) is 11.6. The molecule has 0 amide bonds. The van der Waals surface area contributed by atoms with Gasteiger partial charge in [0.2, 0.25) is 0 Å². The topological polar surface area (TPSA) is 67.1 Å². The van der Waals surface area contributed by atoms with E-state index in [9.17, 15) is 4.39 Å². The fraction of sp³-hybridized carbons (Fsp3) is 0.471. The van der Waals surface area contributed by atoms with Gasteiger partial charge >= 0.3 is 0 Å². The van der Waals surface area contributed by atoms with Crippen molar-refractivity contribution in [2.75, 3.05) is 6.54 Å². The van der Waals surface area contributed by atoms with E-state index in [1.54, 1.807) is 6.07 Å². The van der Waals surface area contributed by atoms with Crippen molar-refractivity contribution in [1.82, 2.24) is 25.4 Å². The van der Waals surface area contributed by atoms with Gasteiger partial charge in [-0.15, -0.1) is 34.2 Å². The van der Waals surface area contributed by atoms with E-state index in [1.165, 1.54) is 12.1 Å². The Morgan fingerprint density at radius 1 is 1.28 bits per heavy atom. The third-order valence-electron chi connectivity index (χ3n) is 3.73. The summed E-state index contributed by atoms with van der Waals surface area (Å²) >= 11 is 0. The standard InChI is InChI=1S/C17H25FN6.HI/c1-4-5-9-19-17(20-11-14-7-6-8-15(18)10-14)21-12-16-23-22-13(2)24(16)3;/h6-8,10H,4-5,9,11-12H2,1-3H3,(H2,19,20,21);1H. The van der Waals surface area contributed by atoms with Crippen LogP contribution in [0, 0.1) is 12.7 Å². The van der Waals surface area contributed by atoms with Crippen LogP contribution >= 0.6 is 24.0 Å². The first-order valence-electron chi connectivity index (χ1n) is 8.21. The second-order valence-electron chi connectivity index (χ2n) is 5.65. The highest BCUT2D eigenvalue weighted by Gasteiger charge is 2.06. The molecule has 0 bridgehead atoms. The highest BCUT2D eigenvalue weighted by molar-refractivity contribution is 14.0. The predicted molar refractivity (Wildman–Crippen MR) is 108 cm³/mol. The summed E-state index contributed by atoms with van der Waals surface area (Å²) in [5.74, 6) is 2.14. The van der Waals surface area contributed by atoms with Crippen molar-refractivity contribution in [3.63, 3.8) is 0 Å². The number of benzene rings is 1. The summed E-state index contributed by atoms with van der Waals surface area (Å²) in [6, 6.07) is 6.49. The van der Waals surface area contributed by atoms with Gasteiger partial charge in [-0.2, -0.15) is 0 Å². The van der Waals surface area contributed by atoms with Gasteiger partial charge in [0.05, 0.1) is 13.1 Å². The van der Waals surface area contributed by atoms with Crippen LogP contribution in [0.15, 0.2) is 29.3 Å². The van der Waals surface area contributed by atoms with E-state index in [1.807, 2.05) is 24.6 Å². The molecule has 0 saturated heterocycles. The smallest absolute Gasteiger partial charge is 0.191 e. The number of aromatic nitrogens is 3. The molecule has 0 unspecified atom stereocenters. The van der Waals surface area contributed by atoms with Crippen molar-refractivity contribution >= 4 is 29.9 Å². The Morgan fingerprint density at radius 2 is 2.08 bits per heavy atom. The van der Waals surface area contributed by atoms with Crippen molar-refractivity contribution in [2.45, 2.75) is 39.8 Å². The Balaban J connectivity index is 0.00000312. The van der Waals surface area contributed by atoms with Crippen LogP contribution in [0.25, 0.3) is 0 Å². The molecule has 0 aliphatic rings. The molecular weight excluding hydrogens is 434 g/mol. The van der Waals surface area contributed by atoms with Crippen LogP contribution < -0.4 is 10.6 Å². The van der Waals surface area contributed by atoms with E-state index in [0.29, 0.717) is 19.0 Å². The molecule has 0 atom stereocenters. The quantitative estimate of drug-likeness (QED) is 0.289. The van der Waals surface area contributed by atoms with Crippen molar-refractivity contribution in [3.8, 4) is 0 Å². The second kappa shape index (κ2) is 11.0. The molecule has 0 saturated carbocycles. The van der Waals surface area contributed by atoms with Crippen LogP contribution in [0.1, 0.15) is 37.0 Å². The molecule has 25 heavy (non-hydrogen) atoms. The van der Waals surface area contributed by atoms with E-state index in [2.05, 4.69) is 32.7 Å². The van der Waals surface area contributed by atoms with E-state index < -0.39 is 0 Å². The lowest BCUT2D eigenvalue weighted by Crippen LogP contribution is -2.38. The van der Waals surface area contributed by atoms with Crippen LogP contribution in [-0.2, 0) is 20.1 Å². The summed E-state index contributed by atoms with van der Waals surface area (Å²) in [5, 5.41) is 14.7. The van der Waals surface area contributed by atoms with Crippen LogP contribution in [-0.4, -0.2) is 27.3 Å². The molecule has 0 fully saturated rings. The van der Waals surface area contributed by atoms with E-state index >= 15 is 0 Å². The summed E-state index contributed by atoms with van der Waals surface area (Å²) in [5.41, 5.74) is 0.834. The Hall–Kier alpha value is -1.71. The number of aryl methyl sites for hydroxylation is 1. The third-order valence-corrected chi connectivity index (χ3v) is 3.73. The van der Waals surface area contributed by atoms with Crippen molar-refractivity contribution < 1.29 is 4.39 Å². The normalized spacial score (nSPS) is 11.1. The number of halogens is 2. The summed E-state index contributed by atoms with van der Waals surface area (Å²) in [6.45, 7) is 5.83. The number of guanidine groups is 1. The minimum Gasteiger partial charge on any atom is -0.356 e. The van der Waals surface area contributed by atoms with E-state index in [0.717, 1.165) is 36.6 Å². The molecule has 0 aliphatic heterocycles. The fourth-order valence-corrected chi connectivity index (χ4v) is 2.13. The summed E-state index contributed by atoms with van der Waals surface area (Å²) in [4.78, 5) is 4.53. The SMILES string of the molecule is CCCCNC(=NCc1cccc(F)c1)NCc1nnc(C)n1C.I. The lowest BCUT2D eigenvalue weighted by atomic mass is 10.2. The predicted octanol–water partition coefficient (Wildman–Crippen LogP) is 2.92. The zero-order chi connectivity index (χ0) is 17.4. The molecule has 1 aromatic heterocycles. The maximum absolute atomic E-state index is 13.3. The molecule has 0 spiro atoms. The Kier molecular flexibility index (Phi) is 9.40. The van der Waals surface area contributed by atoms with E-state index in [-0.39, 0.29) is 29.8 Å². The molecule has 1 aromatic carbocycles. The highest BCUT2D eigenvalue weighted by atomic mass is 127. The minimum absolute atomic E-state index is 0. The molecular formula is C17H26FIN6. The number of hydrogen-bond acceptors (Lipinski definition) is 3. The summed E-state index contributed by atoms with van der Waals surface area (Å²) < 4.78 is 15.2. The third kappa shape index (κ3) is 6.97. The summed E-state index contributed by atoms with van der Waals surface area (Å²) in [6.07, 6.45) is 2.16. The fourth-order valence-electron chi connectivity index (χ4n) is 2.13. The van der Waals surface area contributed by atoms with Crippen molar-refractivity contribution in [1.29, 1.82) is 0 Å². The Labute approximate surface area is 165 Å². The van der Waals surface area contributed by atoms with Gasteiger partial charge in [-0.3, -0.25) is 0 Å². The molecule has 8 heteroatoms. The lowest BCUT2D eigenvalue weighted by Gasteiger charge is -2.12. The molecule has 0 radical (unpaired) electrons. The number of hydrogen-bond donors (Lipinski definition) is 2. The van der Waals surface area contributed by atoms with Gasteiger partial charge in [-0.1, -0.05) is 25.5 Å². The molecule has 2 aromatic rings. The van der Waals surface area contributed by atoms with Gasteiger partial charge in [0, 0.05) is 13.6 Å². The number of unbranched alkanes of at least 4 members (excludes halogenated alkanes) is 1. The van der Waals surface area contributed by atoms with Crippen molar-refractivity contribution in [3.05, 3.63) is 47.3 Å². The van der Waals surface area contributed by atoms with Gasteiger partial charge in [0.15, 0.2) is 11.8 Å². The van der Waals surface area contributed by atoms with Gasteiger partial charge in [0.25, 0.3) is 0 Å².